The van der Waals surface area contributed by atoms with E-state index in [1.807, 2.05) is 13.8 Å². The molecule has 0 aromatic carbocycles. The molecule has 1 atom stereocenters. The van der Waals surface area contributed by atoms with Crippen LogP contribution in [-0.2, 0) is 9.47 Å². The Morgan fingerprint density at radius 2 is 1.87 bits per heavy atom. The van der Waals surface area contributed by atoms with Gasteiger partial charge in [0.25, 0.3) is 0 Å². The van der Waals surface area contributed by atoms with Crippen LogP contribution in [0.3, 0.4) is 0 Å². The second kappa shape index (κ2) is 7.20. The Kier molecular flexibility index (Phi) is 6.22. The first-order chi connectivity index (χ1) is 7.20. The van der Waals surface area contributed by atoms with E-state index in [2.05, 4.69) is 12.2 Å². The van der Waals surface area contributed by atoms with E-state index in [9.17, 15) is 0 Å². The summed E-state index contributed by atoms with van der Waals surface area (Å²) in [5.41, 5.74) is 0. The molecule has 1 unspecified atom stereocenters. The average molecular weight is 215 g/mol. The molecule has 0 aromatic heterocycles. The highest BCUT2D eigenvalue weighted by Crippen LogP contribution is 2.32. The Hall–Kier alpha value is -0.120. The number of nitrogens with one attached hydrogen (secondary N) is 1. The van der Waals surface area contributed by atoms with Crippen LogP contribution in [0.15, 0.2) is 0 Å². The fourth-order valence-corrected chi connectivity index (χ4v) is 1.57. The molecule has 0 amide bonds. The molecule has 90 valence electrons. The maximum atomic E-state index is 5.45. The molecule has 0 heterocycles. The lowest BCUT2D eigenvalue weighted by molar-refractivity contribution is 0.0200. The van der Waals surface area contributed by atoms with Gasteiger partial charge in [-0.3, -0.25) is 0 Å². The zero-order valence-electron chi connectivity index (χ0n) is 10.3. The van der Waals surface area contributed by atoms with Crippen LogP contribution in [0.2, 0.25) is 0 Å². The smallest absolute Gasteiger partial charge is 0.0703 e. The quantitative estimate of drug-likeness (QED) is 0.595. The molecule has 1 N–H and O–H groups in total. The van der Waals surface area contributed by atoms with Crippen molar-refractivity contribution < 1.29 is 9.47 Å². The van der Waals surface area contributed by atoms with E-state index in [-0.39, 0.29) is 0 Å². The largest absolute Gasteiger partial charge is 0.378 e. The molecule has 0 saturated heterocycles. The van der Waals surface area contributed by atoms with Gasteiger partial charge in [-0.25, -0.2) is 0 Å². The monoisotopic (exact) mass is 215 g/mol. The van der Waals surface area contributed by atoms with E-state index >= 15 is 0 Å². The van der Waals surface area contributed by atoms with Crippen molar-refractivity contribution in [1.82, 2.24) is 5.32 Å². The maximum Gasteiger partial charge on any atom is 0.0703 e. The highest BCUT2D eigenvalue weighted by molar-refractivity contribution is 4.82. The van der Waals surface area contributed by atoms with Gasteiger partial charge >= 0.3 is 0 Å². The van der Waals surface area contributed by atoms with E-state index in [1.54, 1.807) is 0 Å². The van der Waals surface area contributed by atoms with E-state index in [1.165, 1.54) is 12.8 Å². The Bertz CT molecular complexity index is 158. The summed E-state index contributed by atoms with van der Waals surface area (Å²) in [6.07, 6.45) is 3.11. The van der Waals surface area contributed by atoms with Crippen molar-refractivity contribution in [2.75, 3.05) is 26.4 Å². The van der Waals surface area contributed by atoms with Crippen LogP contribution in [-0.4, -0.2) is 38.5 Å². The molecule has 1 aliphatic rings. The molecule has 1 saturated carbocycles. The summed E-state index contributed by atoms with van der Waals surface area (Å²) in [6.45, 7) is 9.50. The number of hydrogen-bond donors (Lipinski definition) is 1. The Morgan fingerprint density at radius 3 is 2.47 bits per heavy atom. The van der Waals surface area contributed by atoms with E-state index in [0.717, 1.165) is 19.1 Å². The minimum absolute atomic E-state index is 0.307. The highest BCUT2D eigenvalue weighted by atomic mass is 16.5. The van der Waals surface area contributed by atoms with Crippen molar-refractivity contribution in [3.05, 3.63) is 0 Å². The van der Waals surface area contributed by atoms with Gasteiger partial charge in [0, 0.05) is 12.6 Å². The predicted octanol–water partition coefficient (Wildman–Crippen LogP) is 1.82. The zero-order chi connectivity index (χ0) is 11.1. The summed E-state index contributed by atoms with van der Waals surface area (Å²) >= 11 is 0. The van der Waals surface area contributed by atoms with Gasteiger partial charge in [-0.2, -0.15) is 0 Å². The Morgan fingerprint density at radius 1 is 1.13 bits per heavy atom. The van der Waals surface area contributed by atoms with Crippen molar-refractivity contribution in [2.24, 2.45) is 5.92 Å². The van der Waals surface area contributed by atoms with Crippen molar-refractivity contribution in [1.29, 1.82) is 0 Å². The van der Waals surface area contributed by atoms with Gasteiger partial charge in [0.15, 0.2) is 0 Å². The molecular weight excluding hydrogens is 190 g/mol. The molecule has 0 aromatic rings. The summed E-state index contributed by atoms with van der Waals surface area (Å²) < 4.78 is 10.8. The minimum Gasteiger partial charge on any atom is -0.378 e. The van der Waals surface area contributed by atoms with Gasteiger partial charge in [-0.1, -0.05) is 0 Å². The molecule has 1 fully saturated rings. The molecule has 0 radical (unpaired) electrons. The Labute approximate surface area is 93.5 Å². The SMILES string of the molecule is CC(C)OCCOCCNC(C)C1CC1. The van der Waals surface area contributed by atoms with Crippen molar-refractivity contribution in [2.45, 2.75) is 45.8 Å². The molecule has 1 rings (SSSR count). The van der Waals surface area contributed by atoms with Gasteiger partial charge in [0.1, 0.15) is 0 Å². The topological polar surface area (TPSA) is 30.5 Å². The molecule has 0 bridgehead atoms. The van der Waals surface area contributed by atoms with E-state index in [4.69, 9.17) is 9.47 Å². The molecule has 3 heteroatoms. The van der Waals surface area contributed by atoms with Crippen LogP contribution in [0.25, 0.3) is 0 Å². The second-order valence-electron chi connectivity index (χ2n) is 4.61. The van der Waals surface area contributed by atoms with E-state index in [0.29, 0.717) is 25.4 Å². The third-order valence-corrected chi connectivity index (χ3v) is 2.72. The fraction of sp³-hybridized carbons (Fsp3) is 1.00. The van der Waals surface area contributed by atoms with Gasteiger partial charge in [0.05, 0.1) is 25.9 Å². The van der Waals surface area contributed by atoms with Crippen LogP contribution in [0.5, 0.6) is 0 Å². The van der Waals surface area contributed by atoms with Crippen LogP contribution in [0.4, 0.5) is 0 Å². The molecule has 15 heavy (non-hydrogen) atoms. The third kappa shape index (κ3) is 6.88. The normalized spacial score (nSPS) is 18.4. The molecule has 3 nitrogen and oxygen atoms in total. The van der Waals surface area contributed by atoms with Crippen LogP contribution in [0, 0.1) is 5.92 Å². The highest BCUT2D eigenvalue weighted by Gasteiger charge is 2.26. The standard InChI is InChI=1S/C12H25NO2/c1-10(2)15-9-8-14-7-6-13-11(3)12-4-5-12/h10-13H,4-9H2,1-3H3. The lowest BCUT2D eigenvalue weighted by atomic mass is 10.2. The van der Waals surface area contributed by atoms with Crippen LogP contribution < -0.4 is 5.32 Å². The van der Waals surface area contributed by atoms with E-state index < -0.39 is 0 Å². The van der Waals surface area contributed by atoms with Crippen LogP contribution in [0.1, 0.15) is 33.6 Å². The lowest BCUT2D eigenvalue weighted by Crippen LogP contribution is -2.31. The fourth-order valence-electron chi connectivity index (χ4n) is 1.57. The van der Waals surface area contributed by atoms with Gasteiger partial charge in [0.2, 0.25) is 0 Å². The van der Waals surface area contributed by atoms with Crippen molar-refractivity contribution in [3.8, 4) is 0 Å². The predicted molar refractivity (Wildman–Crippen MR) is 62.1 cm³/mol. The summed E-state index contributed by atoms with van der Waals surface area (Å²) in [4.78, 5) is 0. The van der Waals surface area contributed by atoms with Crippen molar-refractivity contribution in [3.63, 3.8) is 0 Å². The average Bonchev–Trinajstić information content (AvgIpc) is 2.98. The second-order valence-corrected chi connectivity index (χ2v) is 4.61. The first-order valence-corrected chi connectivity index (χ1v) is 6.13. The number of hydrogen-bond acceptors (Lipinski definition) is 3. The first-order valence-electron chi connectivity index (χ1n) is 6.13. The summed E-state index contributed by atoms with van der Waals surface area (Å²) in [5, 5.41) is 3.48. The van der Waals surface area contributed by atoms with Gasteiger partial charge < -0.3 is 14.8 Å². The van der Waals surface area contributed by atoms with Crippen molar-refractivity contribution >= 4 is 0 Å². The van der Waals surface area contributed by atoms with Gasteiger partial charge in [-0.05, 0) is 39.5 Å². The third-order valence-electron chi connectivity index (χ3n) is 2.72. The molecular formula is C12H25NO2. The van der Waals surface area contributed by atoms with Gasteiger partial charge in [-0.15, -0.1) is 0 Å². The first kappa shape index (κ1) is 12.9. The lowest BCUT2D eigenvalue weighted by Gasteiger charge is -2.13. The minimum atomic E-state index is 0.307. The zero-order valence-corrected chi connectivity index (χ0v) is 10.3. The summed E-state index contributed by atoms with van der Waals surface area (Å²) in [6, 6.07) is 0.667. The maximum absolute atomic E-state index is 5.45. The molecule has 0 aliphatic heterocycles. The van der Waals surface area contributed by atoms with Crippen LogP contribution >= 0.6 is 0 Å². The molecule has 1 aliphatic carbocycles. The number of ether oxygens (including phenoxy) is 2. The number of rotatable bonds is 9. The molecule has 0 spiro atoms. The Balaban J connectivity index is 1.76. The summed E-state index contributed by atoms with van der Waals surface area (Å²) in [7, 11) is 0. The summed E-state index contributed by atoms with van der Waals surface area (Å²) in [5.74, 6) is 0.925.